The highest BCUT2D eigenvalue weighted by Gasteiger charge is 2.22. The van der Waals surface area contributed by atoms with Gasteiger partial charge in [-0.05, 0) is 55.3 Å². The molecule has 166 valence electrons. The van der Waals surface area contributed by atoms with Gasteiger partial charge in [0.25, 0.3) is 15.9 Å². The molecule has 2 amide bonds. The van der Waals surface area contributed by atoms with Gasteiger partial charge in [0.05, 0.1) is 15.6 Å². The van der Waals surface area contributed by atoms with Crippen molar-refractivity contribution in [3.8, 4) is 0 Å². The molecule has 2 aromatic carbocycles. The molecule has 1 aliphatic rings. The standard InChI is InChI=1S/C21H23ClFN3O4S/c22-18-10-5-15(21(28)25-12-11-24-20(27)14-3-1-2-4-14)13-19(18)26-31(29,30)17-8-6-16(23)7-9-17/h5-10,13-14,26H,1-4,11-12H2,(H,24,27)(H,25,28). The molecule has 0 atom stereocenters. The molecule has 10 heteroatoms. The predicted octanol–water partition coefficient (Wildman–Crippen LogP) is 3.32. The van der Waals surface area contributed by atoms with Crippen LogP contribution in [0, 0.1) is 11.7 Å². The van der Waals surface area contributed by atoms with E-state index in [-0.39, 0.29) is 39.5 Å². The Hall–Kier alpha value is -2.65. The van der Waals surface area contributed by atoms with Crippen LogP contribution in [-0.4, -0.2) is 33.3 Å². The first kappa shape index (κ1) is 23.0. The van der Waals surface area contributed by atoms with Gasteiger partial charge in [-0.3, -0.25) is 14.3 Å². The van der Waals surface area contributed by atoms with Gasteiger partial charge in [-0.2, -0.15) is 0 Å². The molecule has 0 saturated heterocycles. The van der Waals surface area contributed by atoms with E-state index >= 15 is 0 Å². The largest absolute Gasteiger partial charge is 0.354 e. The third-order valence-electron chi connectivity index (χ3n) is 5.03. The van der Waals surface area contributed by atoms with Gasteiger partial charge in [-0.15, -0.1) is 0 Å². The van der Waals surface area contributed by atoms with Crippen molar-refractivity contribution in [2.45, 2.75) is 30.6 Å². The number of rotatable bonds is 8. The van der Waals surface area contributed by atoms with E-state index in [1.54, 1.807) is 0 Å². The van der Waals surface area contributed by atoms with Crippen molar-refractivity contribution in [2.24, 2.45) is 5.92 Å². The van der Waals surface area contributed by atoms with E-state index in [1.165, 1.54) is 18.2 Å². The maximum absolute atomic E-state index is 13.1. The third-order valence-corrected chi connectivity index (χ3v) is 6.74. The summed E-state index contributed by atoms with van der Waals surface area (Å²) in [5, 5.41) is 5.59. The number of hydrogen-bond donors (Lipinski definition) is 3. The van der Waals surface area contributed by atoms with Gasteiger partial charge in [-0.25, -0.2) is 12.8 Å². The topological polar surface area (TPSA) is 104 Å². The van der Waals surface area contributed by atoms with E-state index in [0.717, 1.165) is 49.9 Å². The Kier molecular flexibility index (Phi) is 7.50. The molecule has 3 N–H and O–H groups in total. The molecule has 0 aliphatic heterocycles. The summed E-state index contributed by atoms with van der Waals surface area (Å²) in [6.45, 7) is 0.537. The fourth-order valence-electron chi connectivity index (χ4n) is 3.36. The van der Waals surface area contributed by atoms with Crippen LogP contribution in [-0.2, 0) is 14.8 Å². The summed E-state index contributed by atoms with van der Waals surface area (Å²) in [7, 11) is -4.01. The molecule has 0 spiro atoms. The number of amides is 2. The maximum Gasteiger partial charge on any atom is 0.261 e. The number of carbonyl (C=O) groups excluding carboxylic acids is 2. The molecule has 0 radical (unpaired) electrons. The molecule has 1 fully saturated rings. The number of anilines is 1. The SMILES string of the molecule is O=C(NCCNC(=O)C1CCCC1)c1ccc(Cl)c(NS(=O)(=O)c2ccc(F)cc2)c1. The fraction of sp³-hybridized carbons (Fsp3) is 0.333. The van der Waals surface area contributed by atoms with Crippen molar-refractivity contribution in [3.63, 3.8) is 0 Å². The van der Waals surface area contributed by atoms with Crippen LogP contribution in [0.25, 0.3) is 0 Å². The Bertz CT molecular complexity index is 1050. The number of nitrogens with one attached hydrogen (secondary N) is 3. The average Bonchev–Trinajstić information content (AvgIpc) is 3.27. The van der Waals surface area contributed by atoms with E-state index in [4.69, 9.17) is 11.6 Å². The highest BCUT2D eigenvalue weighted by Crippen LogP contribution is 2.26. The summed E-state index contributed by atoms with van der Waals surface area (Å²) in [6, 6.07) is 8.50. The number of carbonyl (C=O) groups is 2. The van der Waals surface area contributed by atoms with Gasteiger partial charge >= 0.3 is 0 Å². The number of sulfonamides is 1. The molecular formula is C21H23ClFN3O4S. The van der Waals surface area contributed by atoms with E-state index < -0.39 is 21.7 Å². The second-order valence-corrected chi connectivity index (χ2v) is 9.37. The van der Waals surface area contributed by atoms with E-state index in [0.29, 0.717) is 6.54 Å². The van der Waals surface area contributed by atoms with Crippen LogP contribution in [0.2, 0.25) is 5.02 Å². The summed E-state index contributed by atoms with van der Waals surface area (Å²) in [5.41, 5.74) is 0.219. The predicted molar refractivity (Wildman–Crippen MR) is 116 cm³/mol. The van der Waals surface area contributed by atoms with Crippen molar-refractivity contribution in [2.75, 3.05) is 17.8 Å². The zero-order valence-corrected chi connectivity index (χ0v) is 18.2. The smallest absolute Gasteiger partial charge is 0.261 e. The average molecular weight is 468 g/mol. The van der Waals surface area contributed by atoms with Gasteiger partial charge in [0.2, 0.25) is 5.91 Å². The second-order valence-electron chi connectivity index (χ2n) is 7.28. The number of hydrogen-bond acceptors (Lipinski definition) is 4. The molecular weight excluding hydrogens is 445 g/mol. The molecule has 1 aliphatic carbocycles. The quantitative estimate of drug-likeness (QED) is 0.518. The van der Waals surface area contributed by atoms with Crippen LogP contribution < -0.4 is 15.4 Å². The lowest BCUT2D eigenvalue weighted by molar-refractivity contribution is -0.124. The van der Waals surface area contributed by atoms with E-state index in [2.05, 4.69) is 15.4 Å². The highest BCUT2D eigenvalue weighted by atomic mass is 35.5. The van der Waals surface area contributed by atoms with Gasteiger partial charge in [-0.1, -0.05) is 24.4 Å². The minimum absolute atomic E-state index is 0.00993. The van der Waals surface area contributed by atoms with Gasteiger partial charge < -0.3 is 10.6 Å². The summed E-state index contributed by atoms with van der Waals surface area (Å²) in [5.74, 6) is -0.927. The van der Waals surface area contributed by atoms with Crippen molar-refractivity contribution < 1.29 is 22.4 Å². The van der Waals surface area contributed by atoms with Gasteiger partial charge in [0.15, 0.2) is 0 Å². The zero-order valence-electron chi connectivity index (χ0n) is 16.7. The van der Waals surface area contributed by atoms with Crippen LogP contribution in [0.15, 0.2) is 47.4 Å². The summed E-state index contributed by atoms with van der Waals surface area (Å²) < 4.78 is 40.4. The lowest BCUT2D eigenvalue weighted by atomic mass is 10.1. The summed E-state index contributed by atoms with van der Waals surface area (Å²) >= 11 is 6.08. The maximum atomic E-state index is 13.1. The molecule has 0 bridgehead atoms. The van der Waals surface area contributed by atoms with Crippen LogP contribution in [0.4, 0.5) is 10.1 Å². The van der Waals surface area contributed by atoms with Crippen molar-refractivity contribution in [1.82, 2.24) is 10.6 Å². The minimum Gasteiger partial charge on any atom is -0.354 e. The van der Waals surface area contributed by atoms with Crippen molar-refractivity contribution in [1.29, 1.82) is 0 Å². The zero-order chi connectivity index (χ0) is 22.4. The summed E-state index contributed by atoms with van der Waals surface area (Å²) in [4.78, 5) is 24.2. The Balaban J connectivity index is 1.58. The van der Waals surface area contributed by atoms with Crippen LogP contribution >= 0.6 is 11.6 Å². The van der Waals surface area contributed by atoms with E-state index in [9.17, 15) is 22.4 Å². The Labute approximate surface area is 185 Å². The van der Waals surface area contributed by atoms with Crippen molar-refractivity contribution >= 4 is 39.1 Å². The molecule has 0 unspecified atom stereocenters. The molecule has 31 heavy (non-hydrogen) atoms. The van der Waals surface area contributed by atoms with Gasteiger partial charge in [0.1, 0.15) is 5.82 Å². The molecule has 3 rings (SSSR count). The number of benzene rings is 2. The third kappa shape index (κ3) is 6.18. The molecule has 0 heterocycles. The number of halogens is 2. The second kappa shape index (κ2) is 10.1. The molecule has 1 saturated carbocycles. The Morgan fingerprint density at radius 1 is 1.00 bits per heavy atom. The fourth-order valence-corrected chi connectivity index (χ4v) is 4.65. The molecule has 0 aromatic heterocycles. The monoisotopic (exact) mass is 467 g/mol. The van der Waals surface area contributed by atoms with Crippen LogP contribution in [0.1, 0.15) is 36.0 Å². The van der Waals surface area contributed by atoms with Gasteiger partial charge in [0, 0.05) is 24.6 Å². The Morgan fingerprint density at radius 2 is 1.65 bits per heavy atom. The summed E-state index contributed by atoms with van der Waals surface area (Å²) in [6.07, 6.45) is 3.94. The lowest BCUT2D eigenvalue weighted by Gasteiger charge is -2.13. The van der Waals surface area contributed by atoms with Crippen molar-refractivity contribution in [3.05, 3.63) is 58.9 Å². The van der Waals surface area contributed by atoms with Crippen LogP contribution in [0.5, 0.6) is 0 Å². The van der Waals surface area contributed by atoms with Crippen LogP contribution in [0.3, 0.4) is 0 Å². The normalized spacial score (nSPS) is 14.3. The molecule has 7 nitrogen and oxygen atoms in total. The first-order valence-electron chi connectivity index (χ1n) is 9.90. The van der Waals surface area contributed by atoms with E-state index in [1.807, 2.05) is 0 Å². The first-order chi connectivity index (χ1) is 14.8. The Morgan fingerprint density at radius 3 is 2.32 bits per heavy atom. The minimum atomic E-state index is -4.01. The lowest BCUT2D eigenvalue weighted by Crippen LogP contribution is -2.37. The highest BCUT2D eigenvalue weighted by molar-refractivity contribution is 7.92. The molecule has 2 aromatic rings. The first-order valence-corrected chi connectivity index (χ1v) is 11.8.